The maximum absolute atomic E-state index is 12.4. The van der Waals surface area contributed by atoms with Crippen LogP contribution in [0.3, 0.4) is 0 Å². The van der Waals surface area contributed by atoms with Crippen LogP contribution in [0.4, 0.5) is 5.69 Å². The van der Waals surface area contributed by atoms with Crippen LogP contribution in [-0.4, -0.2) is 18.0 Å². The molecule has 0 saturated heterocycles. The van der Waals surface area contributed by atoms with Crippen LogP contribution in [0, 0.1) is 13.8 Å². The van der Waals surface area contributed by atoms with Gasteiger partial charge in [-0.1, -0.05) is 30.3 Å². The Hall–Kier alpha value is -2.62. The molecule has 0 unspecified atom stereocenters. The molecule has 22 heavy (non-hydrogen) atoms. The van der Waals surface area contributed by atoms with Crippen molar-refractivity contribution in [3.8, 4) is 0 Å². The van der Waals surface area contributed by atoms with Gasteiger partial charge in [-0.05, 0) is 42.7 Å². The zero-order valence-corrected chi connectivity index (χ0v) is 12.6. The lowest BCUT2D eigenvalue weighted by molar-refractivity contribution is -0.125. The second kappa shape index (κ2) is 5.64. The molecule has 0 saturated carbocycles. The standard InChI is InChI=1S/C18H17NO3/c1-11-6-5-9-15(12(11)2)19-17(20)16-10-13-7-3-4-8-14(13)18(21)22-16/h3-9,16H,10H2,1-2H3,(H,19,20)/t16-/m1/s1. The molecule has 3 rings (SSSR count). The van der Waals surface area contributed by atoms with Crippen molar-refractivity contribution < 1.29 is 14.3 Å². The van der Waals surface area contributed by atoms with E-state index in [4.69, 9.17) is 4.74 Å². The number of rotatable bonds is 2. The molecule has 0 radical (unpaired) electrons. The van der Waals surface area contributed by atoms with Gasteiger partial charge in [0, 0.05) is 12.1 Å². The number of nitrogens with one attached hydrogen (secondary N) is 1. The van der Waals surface area contributed by atoms with Gasteiger partial charge in [0.15, 0.2) is 6.10 Å². The van der Waals surface area contributed by atoms with E-state index in [1.165, 1.54) is 0 Å². The lowest BCUT2D eigenvalue weighted by Gasteiger charge is -2.24. The topological polar surface area (TPSA) is 55.4 Å². The minimum atomic E-state index is -0.790. The monoisotopic (exact) mass is 295 g/mol. The van der Waals surface area contributed by atoms with Crippen LogP contribution in [-0.2, 0) is 16.0 Å². The Balaban J connectivity index is 1.80. The van der Waals surface area contributed by atoms with Gasteiger partial charge in [0.2, 0.25) is 0 Å². The Labute approximate surface area is 129 Å². The van der Waals surface area contributed by atoms with Crippen molar-refractivity contribution in [2.45, 2.75) is 26.4 Å². The third-order valence-electron chi connectivity index (χ3n) is 4.05. The summed E-state index contributed by atoms with van der Waals surface area (Å²) in [4.78, 5) is 24.4. The minimum Gasteiger partial charge on any atom is -0.448 e. The zero-order chi connectivity index (χ0) is 15.7. The second-order valence-electron chi connectivity index (χ2n) is 5.49. The van der Waals surface area contributed by atoms with Crippen molar-refractivity contribution in [1.29, 1.82) is 0 Å². The molecule has 112 valence electrons. The van der Waals surface area contributed by atoms with Gasteiger partial charge in [0.05, 0.1) is 5.56 Å². The van der Waals surface area contributed by atoms with Crippen LogP contribution in [0.2, 0.25) is 0 Å². The maximum Gasteiger partial charge on any atom is 0.339 e. The lowest BCUT2D eigenvalue weighted by Crippen LogP contribution is -2.38. The largest absolute Gasteiger partial charge is 0.448 e. The summed E-state index contributed by atoms with van der Waals surface area (Å²) < 4.78 is 5.27. The molecule has 1 atom stereocenters. The highest BCUT2D eigenvalue weighted by molar-refractivity contribution is 6.00. The minimum absolute atomic E-state index is 0.295. The predicted molar refractivity (Wildman–Crippen MR) is 83.9 cm³/mol. The fourth-order valence-electron chi connectivity index (χ4n) is 2.58. The number of amides is 1. The van der Waals surface area contributed by atoms with E-state index in [0.29, 0.717) is 12.0 Å². The normalized spacial score (nSPS) is 16.6. The number of aryl methyl sites for hydroxylation is 1. The number of esters is 1. The zero-order valence-electron chi connectivity index (χ0n) is 12.6. The molecular formula is C18H17NO3. The SMILES string of the molecule is Cc1cccc(NC(=O)[C@H]2Cc3ccccc3C(=O)O2)c1C. The molecule has 1 amide bonds. The molecule has 2 aromatic rings. The van der Waals surface area contributed by atoms with Crippen molar-refractivity contribution in [2.24, 2.45) is 0 Å². The van der Waals surface area contributed by atoms with E-state index in [0.717, 1.165) is 22.4 Å². The lowest BCUT2D eigenvalue weighted by atomic mass is 9.98. The van der Waals surface area contributed by atoms with Crippen LogP contribution in [0.15, 0.2) is 42.5 Å². The average Bonchev–Trinajstić information content (AvgIpc) is 2.52. The predicted octanol–water partition coefficient (Wildman–Crippen LogP) is 3.02. The Bertz CT molecular complexity index is 752. The number of hydrogen-bond acceptors (Lipinski definition) is 3. The van der Waals surface area contributed by atoms with Gasteiger partial charge in [-0.15, -0.1) is 0 Å². The first-order chi connectivity index (χ1) is 10.6. The van der Waals surface area contributed by atoms with E-state index in [9.17, 15) is 9.59 Å². The van der Waals surface area contributed by atoms with Crippen LogP contribution >= 0.6 is 0 Å². The number of hydrogen-bond donors (Lipinski definition) is 1. The molecule has 2 aromatic carbocycles. The van der Waals surface area contributed by atoms with E-state index in [-0.39, 0.29) is 5.91 Å². The summed E-state index contributed by atoms with van der Waals surface area (Å²) in [5.74, 6) is -0.737. The maximum atomic E-state index is 12.4. The average molecular weight is 295 g/mol. The van der Waals surface area contributed by atoms with Crippen molar-refractivity contribution in [3.63, 3.8) is 0 Å². The summed E-state index contributed by atoms with van der Waals surface area (Å²) in [7, 11) is 0. The fraction of sp³-hybridized carbons (Fsp3) is 0.222. The van der Waals surface area contributed by atoms with Crippen LogP contribution in [0.1, 0.15) is 27.0 Å². The van der Waals surface area contributed by atoms with Crippen molar-refractivity contribution >= 4 is 17.6 Å². The van der Waals surface area contributed by atoms with E-state index < -0.39 is 12.1 Å². The van der Waals surface area contributed by atoms with Crippen LogP contribution in [0.25, 0.3) is 0 Å². The Kier molecular flexibility index (Phi) is 3.67. The Morgan fingerprint density at radius 2 is 1.91 bits per heavy atom. The Morgan fingerprint density at radius 1 is 1.14 bits per heavy atom. The van der Waals surface area contributed by atoms with Gasteiger partial charge in [-0.3, -0.25) is 4.79 Å². The molecule has 0 aromatic heterocycles. The first-order valence-electron chi connectivity index (χ1n) is 7.22. The molecule has 1 aliphatic rings. The molecule has 1 heterocycles. The summed E-state index contributed by atoms with van der Waals surface area (Å²) in [5, 5.41) is 2.86. The number of fused-ring (bicyclic) bond motifs is 1. The third kappa shape index (κ3) is 2.60. The highest BCUT2D eigenvalue weighted by atomic mass is 16.5. The van der Waals surface area contributed by atoms with Crippen LogP contribution in [0.5, 0.6) is 0 Å². The van der Waals surface area contributed by atoms with Gasteiger partial charge in [-0.25, -0.2) is 4.79 Å². The molecule has 1 N–H and O–H groups in total. The number of carbonyl (C=O) groups is 2. The molecule has 0 fully saturated rings. The fourth-order valence-corrected chi connectivity index (χ4v) is 2.58. The number of anilines is 1. The highest BCUT2D eigenvalue weighted by Crippen LogP contribution is 2.23. The molecule has 0 aliphatic carbocycles. The quantitative estimate of drug-likeness (QED) is 0.866. The number of carbonyl (C=O) groups excluding carboxylic acids is 2. The first-order valence-corrected chi connectivity index (χ1v) is 7.22. The van der Waals surface area contributed by atoms with E-state index in [1.807, 2.05) is 44.2 Å². The van der Waals surface area contributed by atoms with Crippen molar-refractivity contribution in [3.05, 3.63) is 64.7 Å². The second-order valence-corrected chi connectivity index (χ2v) is 5.49. The molecule has 1 aliphatic heterocycles. The van der Waals surface area contributed by atoms with Gasteiger partial charge < -0.3 is 10.1 Å². The van der Waals surface area contributed by atoms with Gasteiger partial charge in [0.25, 0.3) is 5.91 Å². The van der Waals surface area contributed by atoms with E-state index in [2.05, 4.69) is 5.32 Å². The molecular weight excluding hydrogens is 278 g/mol. The summed E-state index contributed by atoms with van der Waals surface area (Å²) in [6.07, 6.45) is -0.388. The van der Waals surface area contributed by atoms with Gasteiger partial charge in [-0.2, -0.15) is 0 Å². The number of cyclic esters (lactones) is 1. The molecule has 4 heteroatoms. The van der Waals surface area contributed by atoms with Gasteiger partial charge >= 0.3 is 5.97 Å². The summed E-state index contributed by atoms with van der Waals surface area (Å²) in [5.41, 5.74) is 4.25. The van der Waals surface area contributed by atoms with E-state index in [1.54, 1.807) is 12.1 Å². The summed E-state index contributed by atoms with van der Waals surface area (Å²) in [6.45, 7) is 3.94. The summed E-state index contributed by atoms with van der Waals surface area (Å²) in [6, 6.07) is 12.9. The highest BCUT2D eigenvalue weighted by Gasteiger charge is 2.31. The third-order valence-corrected chi connectivity index (χ3v) is 4.05. The summed E-state index contributed by atoms with van der Waals surface area (Å²) >= 11 is 0. The van der Waals surface area contributed by atoms with Crippen LogP contribution < -0.4 is 5.32 Å². The van der Waals surface area contributed by atoms with Gasteiger partial charge in [0.1, 0.15) is 0 Å². The molecule has 0 bridgehead atoms. The van der Waals surface area contributed by atoms with Crippen molar-refractivity contribution in [2.75, 3.05) is 5.32 Å². The number of benzene rings is 2. The van der Waals surface area contributed by atoms with E-state index >= 15 is 0 Å². The Morgan fingerprint density at radius 3 is 2.73 bits per heavy atom. The smallest absolute Gasteiger partial charge is 0.339 e. The number of ether oxygens (including phenoxy) is 1. The molecule has 0 spiro atoms. The first kappa shape index (κ1) is 14.3. The van der Waals surface area contributed by atoms with Crippen molar-refractivity contribution in [1.82, 2.24) is 0 Å². The molecule has 4 nitrogen and oxygen atoms in total.